The van der Waals surface area contributed by atoms with Gasteiger partial charge < -0.3 is 19.5 Å². The molecular weight excluding hydrogens is 246 g/mol. The highest BCUT2D eigenvalue weighted by molar-refractivity contribution is 5.79. The quantitative estimate of drug-likeness (QED) is 0.801. The Kier molecular flexibility index (Phi) is 4.49. The average Bonchev–Trinajstić information content (AvgIpc) is 2.90. The minimum atomic E-state index is -0.328. The molecule has 0 aliphatic carbocycles. The molecule has 1 N–H and O–H groups in total. The van der Waals surface area contributed by atoms with Crippen LogP contribution in [0.25, 0.3) is 0 Å². The number of rotatable bonds is 6. The van der Waals surface area contributed by atoms with Crippen molar-refractivity contribution in [2.75, 3.05) is 19.2 Å². The number of methoxy groups -OCH3 is 1. The van der Waals surface area contributed by atoms with E-state index >= 15 is 0 Å². The third-order valence-corrected chi connectivity index (χ3v) is 3.05. The van der Waals surface area contributed by atoms with E-state index in [1.54, 1.807) is 0 Å². The van der Waals surface area contributed by atoms with Gasteiger partial charge in [0, 0.05) is 11.8 Å². The van der Waals surface area contributed by atoms with E-state index in [1.165, 1.54) is 7.11 Å². The fourth-order valence-electron chi connectivity index (χ4n) is 1.99. The van der Waals surface area contributed by atoms with Crippen LogP contribution in [0.15, 0.2) is 18.2 Å². The summed E-state index contributed by atoms with van der Waals surface area (Å²) in [5.41, 5.74) is 0.829. The molecule has 1 aromatic carbocycles. The molecule has 0 amide bonds. The van der Waals surface area contributed by atoms with Gasteiger partial charge in [0.2, 0.25) is 6.79 Å². The van der Waals surface area contributed by atoms with Crippen LogP contribution in [0.1, 0.15) is 26.2 Å². The maximum atomic E-state index is 11.7. The summed E-state index contributed by atoms with van der Waals surface area (Å²) in [6.45, 7) is 2.34. The minimum absolute atomic E-state index is 0.244. The molecule has 0 aromatic heterocycles. The lowest BCUT2D eigenvalue weighted by Gasteiger charge is -2.17. The van der Waals surface area contributed by atoms with Crippen LogP contribution in [0, 0.1) is 0 Å². The number of ether oxygens (including phenoxy) is 3. The van der Waals surface area contributed by atoms with E-state index in [0.717, 1.165) is 30.7 Å². The number of nitrogens with one attached hydrogen (secondary N) is 1. The summed E-state index contributed by atoms with van der Waals surface area (Å²) in [7, 11) is 1.41. The van der Waals surface area contributed by atoms with Crippen molar-refractivity contribution in [1.82, 2.24) is 0 Å². The molecule has 0 saturated heterocycles. The van der Waals surface area contributed by atoms with Gasteiger partial charge in [-0.3, -0.25) is 0 Å². The molecule has 1 atom stereocenters. The maximum Gasteiger partial charge on any atom is 0.328 e. The SMILES string of the molecule is CCCCC(Nc1ccc2c(c1)OCO2)C(=O)OC. The number of carbonyl (C=O) groups is 1. The first-order valence-electron chi connectivity index (χ1n) is 6.48. The van der Waals surface area contributed by atoms with Gasteiger partial charge in [0.1, 0.15) is 6.04 Å². The predicted molar refractivity (Wildman–Crippen MR) is 71.5 cm³/mol. The Morgan fingerprint density at radius 2 is 2.21 bits per heavy atom. The number of esters is 1. The van der Waals surface area contributed by atoms with E-state index in [9.17, 15) is 4.79 Å². The van der Waals surface area contributed by atoms with Gasteiger partial charge >= 0.3 is 5.97 Å². The van der Waals surface area contributed by atoms with Gasteiger partial charge in [-0.15, -0.1) is 0 Å². The number of hydrogen-bond donors (Lipinski definition) is 1. The lowest BCUT2D eigenvalue weighted by atomic mass is 10.1. The Hall–Kier alpha value is -1.91. The van der Waals surface area contributed by atoms with Gasteiger partial charge in [-0.05, 0) is 18.6 Å². The second kappa shape index (κ2) is 6.31. The van der Waals surface area contributed by atoms with E-state index in [1.807, 2.05) is 18.2 Å². The van der Waals surface area contributed by atoms with E-state index in [-0.39, 0.29) is 18.8 Å². The highest BCUT2D eigenvalue weighted by atomic mass is 16.7. The zero-order valence-electron chi connectivity index (χ0n) is 11.3. The molecule has 2 rings (SSSR count). The lowest BCUT2D eigenvalue weighted by Crippen LogP contribution is -2.30. The van der Waals surface area contributed by atoms with Crippen LogP contribution in [0.3, 0.4) is 0 Å². The zero-order valence-corrected chi connectivity index (χ0v) is 11.3. The fraction of sp³-hybridized carbons (Fsp3) is 0.500. The van der Waals surface area contributed by atoms with E-state index in [0.29, 0.717) is 5.75 Å². The number of anilines is 1. The van der Waals surface area contributed by atoms with Gasteiger partial charge in [-0.1, -0.05) is 19.8 Å². The van der Waals surface area contributed by atoms with E-state index in [2.05, 4.69) is 12.2 Å². The summed E-state index contributed by atoms with van der Waals surface area (Å²) in [5.74, 6) is 1.18. The fourth-order valence-corrected chi connectivity index (χ4v) is 1.99. The molecule has 1 aromatic rings. The Morgan fingerprint density at radius 3 is 2.95 bits per heavy atom. The number of hydrogen-bond acceptors (Lipinski definition) is 5. The number of carbonyl (C=O) groups excluding carboxylic acids is 1. The molecule has 5 nitrogen and oxygen atoms in total. The summed E-state index contributed by atoms with van der Waals surface area (Å²) >= 11 is 0. The number of unbranched alkanes of at least 4 members (excludes halogenated alkanes) is 1. The van der Waals surface area contributed by atoms with Crippen molar-refractivity contribution in [3.8, 4) is 11.5 Å². The van der Waals surface area contributed by atoms with Crippen LogP contribution in [-0.2, 0) is 9.53 Å². The van der Waals surface area contributed by atoms with Crippen molar-refractivity contribution in [2.24, 2.45) is 0 Å². The first-order valence-corrected chi connectivity index (χ1v) is 6.48. The Labute approximate surface area is 112 Å². The monoisotopic (exact) mass is 265 g/mol. The van der Waals surface area contributed by atoms with Gasteiger partial charge in [0.05, 0.1) is 7.11 Å². The normalized spacial score (nSPS) is 14.0. The Bertz CT molecular complexity index is 447. The second-order valence-corrected chi connectivity index (χ2v) is 4.43. The molecule has 19 heavy (non-hydrogen) atoms. The Balaban J connectivity index is 2.05. The van der Waals surface area contributed by atoms with Gasteiger partial charge in [0.15, 0.2) is 11.5 Å². The smallest absolute Gasteiger partial charge is 0.328 e. The summed E-state index contributed by atoms with van der Waals surface area (Å²) < 4.78 is 15.4. The number of benzene rings is 1. The van der Waals surface area contributed by atoms with Crippen LogP contribution in [-0.4, -0.2) is 25.9 Å². The molecule has 5 heteroatoms. The van der Waals surface area contributed by atoms with Crippen LogP contribution in [0.2, 0.25) is 0 Å². The topological polar surface area (TPSA) is 56.8 Å². The van der Waals surface area contributed by atoms with Crippen molar-refractivity contribution in [1.29, 1.82) is 0 Å². The summed E-state index contributed by atoms with van der Waals surface area (Å²) in [6.07, 6.45) is 2.76. The van der Waals surface area contributed by atoms with Crippen LogP contribution >= 0.6 is 0 Å². The lowest BCUT2D eigenvalue weighted by molar-refractivity contribution is -0.141. The molecule has 1 unspecified atom stereocenters. The van der Waals surface area contributed by atoms with Crippen molar-refractivity contribution >= 4 is 11.7 Å². The summed E-state index contributed by atoms with van der Waals surface area (Å²) in [6, 6.07) is 5.21. The third-order valence-electron chi connectivity index (χ3n) is 3.05. The second-order valence-electron chi connectivity index (χ2n) is 4.43. The maximum absolute atomic E-state index is 11.7. The third kappa shape index (κ3) is 3.30. The largest absolute Gasteiger partial charge is 0.467 e. The molecular formula is C14H19NO4. The molecule has 0 radical (unpaired) electrons. The molecule has 1 aliphatic rings. The van der Waals surface area contributed by atoms with Gasteiger partial charge in [-0.2, -0.15) is 0 Å². The van der Waals surface area contributed by atoms with Crippen LogP contribution in [0.5, 0.6) is 11.5 Å². The minimum Gasteiger partial charge on any atom is -0.467 e. The molecule has 0 fully saturated rings. The van der Waals surface area contributed by atoms with Crippen LogP contribution < -0.4 is 14.8 Å². The van der Waals surface area contributed by atoms with Gasteiger partial charge in [-0.25, -0.2) is 4.79 Å². The highest BCUT2D eigenvalue weighted by Gasteiger charge is 2.20. The Morgan fingerprint density at radius 1 is 1.42 bits per heavy atom. The molecule has 0 spiro atoms. The summed E-state index contributed by atoms with van der Waals surface area (Å²) in [4.78, 5) is 11.7. The molecule has 1 heterocycles. The predicted octanol–water partition coefficient (Wildman–Crippen LogP) is 2.56. The molecule has 104 valence electrons. The summed E-state index contributed by atoms with van der Waals surface area (Å²) in [5, 5.41) is 3.18. The van der Waals surface area contributed by atoms with E-state index < -0.39 is 0 Å². The van der Waals surface area contributed by atoms with Crippen molar-refractivity contribution in [2.45, 2.75) is 32.2 Å². The zero-order chi connectivity index (χ0) is 13.7. The molecule has 0 saturated carbocycles. The van der Waals surface area contributed by atoms with Gasteiger partial charge in [0.25, 0.3) is 0 Å². The highest BCUT2D eigenvalue weighted by Crippen LogP contribution is 2.34. The standard InChI is InChI=1S/C14H19NO4/c1-3-4-5-11(14(16)17-2)15-10-6-7-12-13(8-10)19-9-18-12/h6-8,11,15H,3-5,9H2,1-2H3. The average molecular weight is 265 g/mol. The molecule has 1 aliphatic heterocycles. The van der Waals surface area contributed by atoms with Crippen molar-refractivity contribution in [3.05, 3.63) is 18.2 Å². The van der Waals surface area contributed by atoms with Crippen LogP contribution in [0.4, 0.5) is 5.69 Å². The number of fused-ring (bicyclic) bond motifs is 1. The van der Waals surface area contributed by atoms with Crippen molar-refractivity contribution < 1.29 is 19.0 Å². The van der Waals surface area contributed by atoms with E-state index in [4.69, 9.17) is 14.2 Å². The first-order chi connectivity index (χ1) is 9.24. The van der Waals surface area contributed by atoms with Crippen molar-refractivity contribution in [3.63, 3.8) is 0 Å². The first kappa shape index (κ1) is 13.5. The molecule has 0 bridgehead atoms.